The Morgan fingerprint density at radius 3 is 1.54 bits per heavy atom. The van der Waals surface area contributed by atoms with Gasteiger partial charge in [-0.3, -0.25) is 4.79 Å². The van der Waals surface area contributed by atoms with E-state index < -0.39 is 61.2 Å². The number of hydrogen-bond donors (Lipinski definition) is 1. The number of hydrogen-bond acceptors (Lipinski definition) is 10. The SMILES string of the molecule is CC(=O)O[C@@H]1[C@@H](OC(=O)c2ccccc2)[C@@H](OC(=O)c2ccccc2)[C@@H](COC(=O)c2ccccc2)O[C@H]1O. The van der Waals surface area contributed by atoms with Gasteiger partial charge in [-0.05, 0) is 36.4 Å². The van der Waals surface area contributed by atoms with Gasteiger partial charge in [0.25, 0.3) is 0 Å². The number of aliphatic hydroxyl groups is 1. The van der Waals surface area contributed by atoms with E-state index in [1.807, 2.05) is 0 Å². The minimum Gasteiger partial charge on any atom is -0.459 e. The lowest BCUT2D eigenvalue weighted by atomic mass is 9.98. The van der Waals surface area contributed by atoms with Gasteiger partial charge in [-0.15, -0.1) is 0 Å². The summed E-state index contributed by atoms with van der Waals surface area (Å²) in [6.07, 6.45) is -7.60. The fourth-order valence-electron chi connectivity index (χ4n) is 3.97. The fraction of sp³-hybridized carbons (Fsp3) is 0.241. The molecule has 5 atom stereocenters. The molecule has 4 rings (SSSR count). The molecule has 0 amide bonds. The van der Waals surface area contributed by atoms with Crippen molar-refractivity contribution in [1.29, 1.82) is 0 Å². The molecule has 1 N–H and O–H groups in total. The van der Waals surface area contributed by atoms with Crippen LogP contribution in [0.4, 0.5) is 0 Å². The molecule has 10 heteroatoms. The van der Waals surface area contributed by atoms with Crippen LogP contribution < -0.4 is 0 Å². The Bertz CT molecular complexity index is 1280. The second kappa shape index (κ2) is 12.8. The van der Waals surface area contributed by atoms with Gasteiger partial charge >= 0.3 is 23.9 Å². The summed E-state index contributed by atoms with van der Waals surface area (Å²) in [6.45, 7) is 0.616. The van der Waals surface area contributed by atoms with Crippen LogP contribution in [0.2, 0.25) is 0 Å². The van der Waals surface area contributed by atoms with Crippen molar-refractivity contribution in [3.05, 3.63) is 108 Å². The maximum atomic E-state index is 13.0. The van der Waals surface area contributed by atoms with E-state index in [1.54, 1.807) is 66.7 Å². The summed E-state index contributed by atoms with van der Waals surface area (Å²) in [4.78, 5) is 50.5. The Morgan fingerprint density at radius 1 is 0.641 bits per heavy atom. The summed E-state index contributed by atoms with van der Waals surface area (Å²) < 4.78 is 27.5. The summed E-state index contributed by atoms with van der Waals surface area (Å²) >= 11 is 0. The van der Waals surface area contributed by atoms with Crippen LogP contribution in [0.5, 0.6) is 0 Å². The first-order valence-corrected chi connectivity index (χ1v) is 12.1. The highest BCUT2D eigenvalue weighted by Gasteiger charge is 2.52. The van der Waals surface area contributed by atoms with Crippen LogP contribution in [-0.2, 0) is 28.5 Å². The topological polar surface area (TPSA) is 135 Å². The van der Waals surface area contributed by atoms with Gasteiger partial charge in [0.05, 0.1) is 16.7 Å². The van der Waals surface area contributed by atoms with E-state index in [9.17, 15) is 24.3 Å². The molecule has 1 saturated heterocycles. The highest BCUT2D eigenvalue weighted by Crippen LogP contribution is 2.29. The molecule has 0 bridgehead atoms. The third-order valence-corrected chi connectivity index (χ3v) is 5.80. The minimum absolute atomic E-state index is 0.167. The molecule has 39 heavy (non-hydrogen) atoms. The molecule has 1 fully saturated rings. The number of carbonyl (C=O) groups is 4. The monoisotopic (exact) mass is 534 g/mol. The van der Waals surface area contributed by atoms with Gasteiger partial charge in [0.1, 0.15) is 12.7 Å². The van der Waals surface area contributed by atoms with Gasteiger partial charge in [-0.25, -0.2) is 14.4 Å². The molecule has 202 valence electrons. The Morgan fingerprint density at radius 2 is 1.08 bits per heavy atom. The molecule has 0 radical (unpaired) electrons. The number of rotatable bonds is 8. The number of esters is 4. The van der Waals surface area contributed by atoms with Crippen molar-refractivity contribution in [2.24, 2.45) is 0 Å². The highest BCUT2D eigenvalue weighted by molar-refractivity contribution is 5.91. The molecule has 10 nitrogen and oxygen atoms in total. The number of carbonyl (C=O) groups excluding carboxylic acids is 4. The molecule has 1 aliphatic heterocycles. The van der Waals surface area contributed by atoms with E-state index in [0.717, 1.165) is 6.92 Å². The quantitative estimate of drug-likeness (QED) is 0.339. The van der Waals surface area contributed by atoms with Gasteiger partial charge in [0, 0.05) is 6.92 Å². The van der Waals surface area contributed by atoms with E-state index in [1.165, 1.54) is 24.3 Å². The first-order chi connectivity index (χ1) is 18.8. The largest absolute Gasteiger partial charge is 0.459 e. The fourth-order valence-corrected chi connectivity index (χ4v) is 3.97. The second-order valence-electron chi connectivity index (χ2n) is 8.58. The van der Waals surface area contributed by atoms with E-state index in [2.05, 4.69) is 0 Å². The van der Waals surface area contributed by atoms with Crippen molar-refractivity contribution in [3.8, 4) is 0 Å². The first-order valence-electron chi connectivity index (χ1n) is 12.1. The smallest absolute Gasteiger partial charge is 0.338 e. The lowest BCUT2D eigenvalue weighted by Crippen LogP contribution is -2.62. The zero-order valence-electron chi connectivity index (χ0n) is 20.9. The van der Waals surface area contributed by atoms with E-state index >= 15 is 0 Å². The Balaban J connectivity index is 1.64. The molecular formula is C29H26O10. The number of aliphatic hydroxyl groups excluding tert-OH is 1. The lowest BCUT2D eigenvalue weighted by molar-refractivity contribution is -0.288. The minimum atomic E-state index is -1.80. The summed E-state index contributed by atoms with van der Waals surface area (Å²) in [5, 5.41) is 10.7. The van der Waals surface area contributed by atoms with E-state index in [-0.39, 0.29) is 16.7 Å². The predicted octanol–water partition coefficient (Wildman–Crippen LogP) is 2.94. The Kier molecular flexibility index (Phi) is 9.03. The molecule has 1 heterocycles. The molecule has 0 aliphatic carbocycles. The molecule has 0 spiro atoms. The first kappa shape index (κ1) is 27.5. The van der Waals surface area contributed by atoms with Crippen LogP contribution in [0.1, 0.15) is 38.0 Å². The third-order valence-electron chi connectivity index (χ3n) is 5.80. The van der Waals surface area contributed by atoms with Gasteiger partial charge in [-0.2, -0.15) is 0 Å². The summed E-state index contributed by atoms with van der Waals surface area (Å²) in [6, 6.07) is 24.1. The maximum absolute atomic E-state index is 13.0. The van der Waals surface area contributed by atoms with Gasteiger partial charge in [0.15, 0.2) is 24.6 Å². The normalized spacial score (nSPS) is 22.3. The van der Waals surface area contributed by atoms with Crippen molar-refractivity contribution in [2.45, 2.75) is 37.6 Å². The molecule has 0 unspecified atom stereocenters. The van der Waals surface area contributed by atoms with Crippen LogP contribution in [0.15, 0.2) is 91.0 Å². The molecule has 0 saturated carbocycles. The molecule has 1 aliphatic rings. The van der Waals surface area contributed by atoms with Gasteiger partial charge in [-0.1, -0.05) is 54.6 Å². The second-order valence-corrected chi connectivity index (χ2v) is 8.58. The zero-order valence-corrected chi connectivity index (χ0v) is 20.9. The standard InChI is InChI=1S/C29H26O10/c1-18(30)36-25-24(39-28(33)21-15-9-4-10-16-21)23(38-27(32)20-13-7-3-8-14-20)22(37-29(25)34)17-35-26(31)19-11-5-2-6-12-19/h2-16,22-25,29,34H,17H2,1H3/t22-,23+,24+,25-,29-/m1/s1. The Labute approximate surface area is 224 Å². The predicted molar refractivity (Wildman–Crippen MR) is 134 cm³/mol. The Hall–Kier alpha value is -4.54. The van der Waals surface area contributed by atoms with Crippen molar-refractivity contribution >= 4 is 23.9 Å². The third kappa shape index (κ3) is 7.07. The average molecular weight is 535 g/mol. The van der Waals surface area contributed by atoms with E-state index in [4.69, 9.17) is 23.7 Å². The van der Waals surface area contributed by atoms with Gasteiger partial charge < -0.3 is 28.8 Å². The van der Waals surface area contributed by atoms with E-state index in [0.29, 0.717) is 0 Å². The van der Waals surface area contributed by atoms with Crippen molar-refractivity contribution in [3.63, 3.8) is 0 Å². The van der Waals surface area contributed by atoms with Crippen LogP contribution in [-0.4, -0.2) is 66.3 Å². The van der Waals surface area contributed by atoms with Crippen LogP contribution in [0.25, 0.3) is 0 Å². The average Bonchev–Trinajstić information content (AvgIpc) is 2.96. The van der Waals surface area contributed by atoms with Gasteiger partial charge in [0.2, 0.25) is 0 Å². The summed E-state index contributed by atoms with van der Waals surface area (Å²) in [5.74, 6) is -3.12. The van der Waals surface area contributed by atoms with Crippen LogP contribution >= 0.6 is 0 Å². The molecular weight excluding hydrogens is 508 g/mol. The van der Waals surface area contributed by atoms with Crippen molar-refractivity contribution in [1.82, 2.24) is 0 Å². The van der Waals surface area contributed by atoms with Crippen LogP contribution in [0.3, 0.4) is 0 Å². The van der Waals surface area contributed by atoms with Crippen LogP contribution in [0, 0.1) is 0 Å². The summed E-state index contributed by atoms with van der Waals surface area (Å²) in [7, 11) is 0. The molecule has 3 aromatic carbocycles. The maximum Gasteiger partial charge on any atom is 0.338 e. The van der Waals surface area contributed by atoms with Crippen molar-refractivity contribution < 1.29 is 48.0 Å². The number of ether oxygens (including phenoxy) is 5. The molecule has 3 aromatic rings. The zero-order chi connectivity index (χ0) is 27.8. The number of benzene rings is 3. The highest BCUT2D eigenvalue weighted by atomic mass is 16.7. The lowest BCUT2D eigenvalue weighted by Gasteiger charge is -2.42. The summed E-state index contributed by atoms with van der Waals surface area (Å²) in [5.41, 5.74) is 0.609. The molecule has 0 aromatic heterocycles. The van der Waals surface area contributed by atoms with Crippen molar-refractivity contribution in [2.75, 3.05) is 6.61 Å².